The van der Waals surface area contributed by atoms with Gasteiger partial charge in [-0.25, -0.2) is 0 Å². The maximum absolute atomic E-state index is 12.6. The van der Waals surface area contributed by atoms with Crippen molar-refractivity contribution in [1.82, 2.24) is 4.90 Å². The molecule has 110 valence electrons. The molecule has 1 aromatic rings. The van der Waals surface area contributed by atoms with E-state index < -0.39 is 4.92 Å². The lowest BCUT2D eigenvalue weighted by Crippen LogP contribution is -2.38. The molecule has 0 aromatic heterocycles. The van der Waals surface area contributed by atoms with E-state index >= 15 is 0 Å². The molecule has 0 heterocycles. The zero-order valence-corrected chi connectivity index (χ0v) is 13.5. The summed E-state index contributed by atoms with van der Waals surface area (Å²) in [4.78, 5) is 24.8. The van der Waals surface area contributed by atoms with E-state index in [1.165, 1.54) is 6.07 Å². The van der Waals surface area contributed by atoms with Crippen molar-refractivity contribution < 1.29 is 9.72 Å². The topological polar surface area (TPSA) is 63.5 Å². The van der Waals surface area contributed by atoms with Gasteiger partial charge in [0.05, 0.1) is 4.92 Å². The van der Waals surface area contributed by atoms with Crippen LogP contribution in [-0.2, 0) is 0 Å². The first-order valence-electron chi connectivity index (χ1n) is 6.51. The Bertz CT molecular complexity index is 503. The fraction of sp³-hybridized carbons (Fsp3) is 0.500. The summed E-state index contributed by atoms with van der Waals surface area (Å²) in [6.07, 6.45) is 0.845. The monoisotopic (exact) mass is 342 g/mol. The molecule has 20 heavy (non-hydrogen) atoms. The Labute approximate surface area is 127 Å². The predicted octanol–water partition coefficient (Wildman–Crippen LogP) is 3.54. The fourth-order valence-electron chi connectivity index (χ4n) is 2.03. The van der Waals surface area contributed by atoms with Crippen molar-refractivity contribution in [3.63, 3.8) is 0 Å². The first-order valence-corrected chi connectivity index (χ1v) is 7.63. The van der Waals surface area contributed by atoms with E-state index in [9.17, 15) is 14.9 Å². The van der Waals surface area contributed by atoms with Crippen molar-refractivity contribution in [3.05, 3.63) is 39.4 Å². The van der Waals surface area contributed by atoms with Crippen LogP contribution in [0.25, 0.3) is 0 Å². The normalized spacial score (nSPS) is 10.7. The Hall–Kier alpha value is -1.43. The van der Waals surface area contributed by atoms with Gasteiger partial charge in [0.25, 0.3) is 11.6 Å². The summed E-state index contributed by atoms with van der Waals surface area (Å²) in [6.45, 7) is 6.13. The number of nitro groups is 1. The van der Waals surface area contributed by atoms with E-state index in [0.717, 1.165) is 11.8 Å². The maximum atomic E-state index is 12.6. The molecule has 0 spiro atoms. The average molecular weight is 343 g/mol. The van der Waals surface area contributed by atoms with Crippen molar-refractivity contribution in [1.29, 1.82) is 0 Å². The van der Waals surface area contributed by atoms with Crippen molar-refractivity contribution in [2.75, 3.05) is 11.9 Å². The Morgan fingerprint density at radius 3 is 2.60 bits per heavy atom. The van der Waals surface area contributed by atoms with Gasteiger partial charge in [0.15, 0.2) is 0 Å². The Balaban J connectivity index is 3.12. The first-order chi connectivity index (χ1) is 9.40. The summed E-state index contributed by atoms with van der Waals surface area (Å²) in [6, 6.07) is 4.68. The number of benzene rings is 1. The lowest BCUT2D eigenvalue weighted by atomic mass is 10.0. The number of alkyl halides is 1. The smallest absolute Gasteiger partial charge is 0.273 e. The third-order valence-electron chi connectivity index (χ3n) is 3.15. The molecular weight excluding hydrogens is 324 g/mol. The number of rotatable bonds is 6. The second-order valence-corrected chi connectivity index (χ2v) is 5.63. The van der Waals surface area contributed by atoms with Gasteiger partial charge in [0.2, 0.25) is 0 Å². The minimum Gasteiger partial charge on any atom is -0.336 e. The quantitative estimate of drug-likeness (QED) is 0.451. The lowest BCUT2D eigenvalue weighted by molar-refractivity contribution is -0.385. The van der Waals surface area contributed by atoms with Crippen LogP contribution in [0.4, 0.5) is 5.69 Å². The molecule has 0 saturated heterocycles. The van der Waals surface area contributed by atoms with E-state index in [1.54, 1.807) is 24.0 Å². The molecule has 0 aliphatic rings. The van der Waals surface area contributed by atoms with E-state index in [4.69, 9.17) is 0 Å². The van der Waals surface area contributed by atoms with Gasteiger partial charge >= 0.3 is 0 Å². The summed E-state index contributed by atoms with van der Waals surface area (Å²) in [7, 11) is 0. The largest absolute Gasteiger partial charge is 0.336 e. The highest BCUT2D eigenvalue weighted by Crippen LogP contribution is 2.23. The van der Waals surface area contributed by atoms with Gasteiger partial charge in [0, 0.05) is 35.1 Å². The maximum Gasteiger partial charge on any atom is 0.273 e. The van der Waals surface area contributed by atoms with Crippen LogP contribution < -0.4 is 0 Å². The minimum atomic E-state index is -0.454. The van der Waals surface area contributed by atoms with E-state index in [-0.39, 0.29) is 17.6 Å². The number of nitro benzene ring substituents is 1. The second kappa shape index (κ2) is 7.38. The van der Waals surface area contributed by atoms with Crippen LogP contribution >= 0.6 is 15.9 Å². The van der Waals surface area contributed by atoms with E-state index in [0.29, 0.717) is 17.7 Å². The van der Waals surface area contributed by atoms with Crippen LogP contribution in [0.2, 0.25) is 0 Å². The molecule has 0 radical (unpaired) electrons. The number of nitrogens with zero attached hydrogens (tertiary/aromatic N) is 2. The lowest BCUT2D eigenvalue weighted by Gasteiger charge is -2.27. The number of hydrogen-bond donors (Lipinski definition) is 0. The molecule has 1 rings (SSSR count). The summed E-state index contributed by atoms with van der Waals surface area (Å²) in [5.41, 5.74) is 0.814. The number of halogens is 1. The van der Waals surface area contributed by atoms with Crippen LogP contribution in [0.15, 0.2) is 18.2 Å². The molecule has 0 unspecified atom stereocenters. The number of carbonyl (C=O) groups is 1. The molecule has 0 bridgehead atoms. The first kappa shape index (κ1) is 16.6. The minimum absolute atomic E-state index is 0.0138. The summed E-state index contributed by atoms with van der Waals surface area (Å²) < 4.78 is 0. The molecule has 5 nitrogen and oxygen atoms in total. The molecule has 6 heteroatoms. The van der Waals surface area contributed by atoms with Gasteiger partial charge in [-0.05, 0) is 33.3 Å². The molecule has 0 aliphatic heterocycles. The van der Waals surface area contributed by atoms with Crippen LogP contribution in [0, 0.1) is 17.0 Å². The number of carbonyl (C=O) groups excluding carboxylic acids is 1. The van der Waals surface area contributed by atoms with Gasteiger partial charge in [-0.15, -0.1) is 0 Å². The molecule has 0 atom stereocenters. The van der Waals surface area contributed by atoms with Crippen molar-refractivity contribution in [2.45, 2.75) is 33.2 Å². The fourth-order valence-corrected chi connectivity index (χ4v) is 2.28. The Morgan fingerprint density at radius 1 is 1.45 bits per heavy atom. The molecule has 1 amide bonds. The van der Waals surface area contributed by atoms with E-state index in [2.05, 4.69) is 15.9 Å². The van der Waals surface area contributed by atoms with Crippen LogP contribution in [0.3, 0.4) is 0 Å². The van der Waals surface area contributed by atoms with Gasteiger partial charge < -0.3 is 4.90 Å². The molecule has 0 aliphatic carbocycles. The summed E-state index contributed by atoms with van der Waals surface area (Å²) >= 11 is 3.35. The van der Waals surface area contributed by atoms with Gasteiger partial charge in [-0.1, -0.05) is 22.0 Å². The Morgan fingerprint density at radius 2 is 2.10 bits per heavy atom. The van der Waals surface area contributed by atoms with Gasteiger partial charge in [0.1, 0.15) is 0 Å². The van der Waals surface area contributed by atoms with Crippen molar-refractivity contribution in [2.24, 2.45) is 0 Å². The second-order valence-electron chi connectivity index (χ2n) is 4.84. The highest BCUT2D eigenvalue weighted by molar-refractivity contribution is 9.09. The van der Waals surface area contributed by atoms with Crippen LogP contribution in [-0.4, -0.2) is 33.6 Å². The highest BCUT2D eigenvalue weighted by atomic mass is 79.9. The zero-order chi connectivity index (χ0) is 15.3. The van der Waals surface area contributed by atoms with E-state index in [1.807, 2.05) is 13.8 Å². The SMILES string of the molecule is Cc1c(C(=O)N(CCCBr)C(C)C)cccc1[N+](=O)[O-]. The van der Waals surface area contributed by atoms with Gasteiger partial charge in [-0.2, -0.15) is 0 Å². The zero-order valence-electron chi connectivity index (χ0n) is 11.9. The highest BCUT2D eigenvalue weighted by Gasteiger charge is 2.23. The van der Waals surface area contributed by atoms with Crippen LogP contribution in [0.5, 0.6) is 0 Å². The van der Waals surface area contributed by atoms with Crippen molar-refractivity contribution in [3.8, 4) is 0 Å². The third kappa shape index (κ3) is 3.79. The standard InChI is InChI=1S/C14H19BrN2O3/c1-10(2)16(9-5-8-15)14(18)12-6-4-7-13(11(12)3)17(19)20/h4,6-7,10H,5,8-9H2,1-3H3. The molecule has 0 N–H and O–H groups in total. The number of amides is 1. The van der Waals surface area contributed by atoms with Gasteiger partial charge in [-0.3, -0.25) is 14.9 Å². The molecular formula is C14H19BrN2O3. The third-order valence-corrected chi connectivity index (χ3v) is 3.71. The molecule has 0 fully saturated rings. The molecule has 1 aromatic carbocycles. The summed E-state index contributed by atoms with van der Waals surface area (Å²) in [5, 5.41) is 11.8. The number of hydrogen-bond acceptors (Lipinski definition) is 3. The predicted molar refractivity (Wildman–Crippen MR) is 82.4 cm³/mol. The summed E-state index contributed by atoms with van der Waals surface area (Å²) in [5.74, 6) is -0.151. The molecule has 0 saturated carbocycles. The average Bonchev–Trinajstić information content (AvgIpc) is 2.38. The van der Waals surface area contributed by atoms with Crippen LogP contribution in [0.1, 0.15) is 36.2 Å². The Kier molecular flexibility index (Phi) is 6.13. The van der Waals surface area contributed by atoms with Crippen molar-refractivity contribution >= 4 is 27.5 Å².